The number of aromatic carboxylic acids is 1. The van der Waals surface area contributed by atoms with Gasteiger partial charge in [0.2, 0.25) is 0 Å². The molecule has 7 heteroatoms. The van der Waals surface area contributed by atoms with E-state index in [1.807, 2.05) is 7.05 Å². The minimum absolute atomic E-state index is 0.234. The fourth-order valence-electron chi connectivity index (χ4n) is 2.82. The number of nitrogens with zero attached hydrogens (tertiary/aromatic N) is 1. The Morgan fingerprint density at radius 1 is 1.48 bits per heavy atom. The standard InChI is InChI=1S/C14H18N2O4S/c1-16-5-4-8-10(7-16)21-13(11(8)14(18)19)15-12(17)9-3-2-6-20-9/h9H,2-7H2,1H3,(H,15,17)(H,18,19). The summed E-state index contributed by atoms with van der Waals surface area (Å²) < 4.78 is 5.34. The minimum atomic E-state index is -0.973. The first-order chi connectivity index (χ1) is 10.1. The molecule has 1 atom stereocenters. The van der Waals surface area contributed by atoms with E-state index in [4.69, 9.17) is 4.74 Å². The lowest BCUT2D eigenvalue weighted by Gasteiger charge is -2.22. The van der Waals surface area contributed by atoms with Crippen molar-refractivity contribution in [2.75, 3.05) is 25.5 Å². The van der Waals surface area contributed by atoms with Gasteiger partial charge in [0.15, 0.2) is 0 Å². The molecule has 0 aliphatic carbocycles. The Morgan fingerprint density at radius 3 is 2.95 bits per heavy atom. The van der Waals surface area contributed by atoms with E-state index in [0.29, 0.717) is 24.4 Å². The Balaban J connectivity index is 1.87. The van der Waals surface area contributed by atoms with E-state index in [2.05, 4.69) is 10.2 Å². The maximum absolute atomic E-state index is 12.1. The van der Waals surface area contributed by atoms with Crippen molar-refractivity contribution in [3.63, 3.8) is 0 Å². The highest BCUT2D eigenvalue weighted by Crippen LogP contribution is 2.37. The molecule has 3 rings (SSSR count). The summed E-state index contributed by atoms with van der Waals surface area (Å²) in [7, 11) is 2.01. The molecule has 0 saturated carbocycles. The summed E-state index contributed by atoms with van der Waals surface area (Å²) in [5, 5.41) is 12.7. The predicted octanol–water partition coefficient (Wildman–Crippen LogP) is 1.55. The number of carboxylic acids is 1. The van der Waals surface area contributed by atoms with E-state index in [1.165, 1.54) is 11.3 Å². The van der Waals surface area contributed by atoms with Gasteiger partial charge in [-0.2, -0.15) is 0 Å². The first kappa shape index (κ1) is 14.5. The summed E-state index contributed by atoms with van der Waals surface area (Å²) >= 11 is 1.37. The van der Waals surface area contributed by atoms with Crippen molar-refractivity contribution in [3.05, 3.63) is 16.0 Å². The quantitative estimate of drug-likeness (QED) is 0.885. The third kappa shape index (κ3) is 2.81. The summed E-state index contributed by atoms with van der Waals surface area (Å²) in [4.78, 5) is 26.9. The molecular formula is C14H18N2O4S. The van der Waals surface area contributed by atoms with Gasteiger partial charge >= 0.3 is 5.97 Å². The Bertz CT molecular complexity index is 578. The SMILES string of the molecule is CN1CCc2c(sc(NC(=O)C3CCCO3)c2C(=O)O)C1. The molecule has 114 valence electrons. The van der Waals surface area contributed by atoms with Gasteiger partial charge in [-0.05, 0) is 31.9 Å². The lowest BCUT2D eigenvalue weighted by Crippen LogP contribution is -2.27. The van der Waals surface area contributed by atoms with Gasteiger partial charge in [0.1, 0.15) is 11.1 Å². The molecule has 0 aromatic carbocycles. The number of likely N-dealkylation sites (N-methyl/N-ethyl adjacent to an activating group) is 1. The predicted molar refractivity (Wildman–Crippen MR) is 78.9 cm³/mol. The maximum Gasteiger partial charge on any atom is 0.339 e. The Kier molecular flexibility index (Phi) is 3.97. The number of hydrogen-bond donors (Lipinski definition) is 2. The molecule has 1 aromatic heterocycles. The third-order valence-electron chi connectivity index (χ3n) is 3.92. The van der Waals surface area contributed by atoms with Crippen molar-refractivity contribution >= 4 is 28.2 Å². The number of ether oxygens (including phenoxy) is 1. The summed E-state index contributed by atoms with van der Waals surface area (Å²) in [5.41, 5.74) is 1.13. The van der Waals surface area contributed by atoms with Crippen LogP contribution in [0.15, 0.2) is 0 Å². The van der Waals surface area contributed by atoms with E-state index in [1.54, 1.807) is 0 Å². The molecule has 0 spiro atoms. The molecule has 1 unspecified atom stereocenters. The summed E-state index contributed by atoms with van der Waals surface area (Å²) in [6, 6.07) is 0. The van der Waals surface area contributed by atoms with Crippen molar-refractivity contribution in [1.82, 2.24) is 4.90 Å². The van der Waals surface area contributed by atoms with Gasteiger partial charge in [-0.15, -0.1) is 11.3 Å². The lowest BCUT2D eigenvalue weighted by molar-refractivity contribution is -0.124. The van der Waals surface area contributed by atoms with Crippen LogP contribution in [0.4, 0.5) is 5.00 Å². The number of carbonyl (C=O) groups excluding carboxylic acids is 1. The summed E-state index contributed by atoms with van der Waals surface area (Å²) in [6.07, 6.45) is 1.82. The molecule has 2 N–H and O–H groups in total. The van der Waals surface area contributed by atoms with Crippen LogP contribution in [0.5, 0.6) is 0 Å². The molecule has 1 amide bonds. The number of anilines is 1. The van der Waals surface area contributed by atoms with E-state index in [-0.39, 0.29) is 11.5 Å². The van der Waals surface area contributed by atoms with Crippen LogP contribution >= 0.6 is 11.3 Å². The molecule has 0 radical (unpaired) electrons. The van der Waals surface area contributed by atoms with Crippen LogP contribution in [0.3, 0.4) is 0 Å². The molecule has 6 nitrogen and oxygen atoms in total. The van der Waals surface area contributed by atoms with Crippen LogP contribution < -0.4 is 5.32 Å². The van der Waals surface area contributed by atoms with Crippen LogP contribution in [0.25, 0.3) is 0 Å². The van der Waals surface area contributed by atoms with E-state index >= 15 is 0 Å². The summed E-state index contributed by atoms with van der Waals surface area (Å²) in [6.45, 7) is 2.16. The van der Waals surface area contributed by atoms with Gasteiger partial charge in [0.25, 0.3) is 5.91 Å². The normalized spacial score (nSPS) is 22.0. The number of hydrogen-bond acceptors (Lipinski definition) is 5. The van der Waals surface area contributed by atoms with Crippen LogP contribution in [0, 0.1) is 0 Å². The van der Waals surface area contributed by atoms with Crippen LogP contribution in [0.2, 0.25) is 0 Å². The smallest absolute Gasteiger partial charge is 0.339 e. The summed E-state index contributed by atoms with van der Waals surface area (Å²) in [5.74, 6) is -1.21. The third-order valence-corrected chi connectivity index (χ3v) is 5.05. The molecule has 21 heavy (non-hydrogen) atoms. The second-order valence-corrected chi connectivity index (χ2v) is 6.60. The van der Waals surface area contributed by atoms with Gasteiger partial charge in [0, 0.05) is 24.6 Å². The molecule has 0 bridgehead atoms. The molecule has 1 aromatic rings. The van der Waals surface area contributed by atoms with Crippen LogP contribution in [-0.2, 0) is 22.5 Å². The van der Waals surface area contributed by atoms with Crippen molar-refractivity contribution in [3.8, 4) is 0 Å². The second-order valence-electron chi connectivity index (χ2n) is 5.49. The minimum Gasteiger partial charge on any atom is -0.478 e. The number of amides is 1. The molecule has 2 aliphatic heterocycles. The fourth-order valence-corrected chi connectivity index (χ4v) is 4.15. The van der Waals surface area contributed by atoms with Gasteiger partial charge in [0.05, 0.1) is 5.56 Å². The van der Waals surface area contributed by atoms with Crippen LogP contribution in [-0.4, -0.2) is 48.2 Å². The van der Waals surface area contributed by atoms with Gasteiger partial charge in [-0.1, -0.05) is 0 Å². The second kappa shape index (κ2) is 5.75. The molecule has 1 fully saturated rings. The first-order valence-corrected chi connectivity index (χ1v) is 7.86. The molecular weight excluding hydrogens is 292 g/mol. The average Bonchev–Trinajstić information content (AvgIpc) is 3.04. The highest BCUT2D eigenvalue weighted by Gasteiger charge is 2.30. The maximum atomic E-state index is 12.1. The zero-order valence-corrected chi connectivity index (χ0v) is 12.7. The number of carbonyl (C=O) groups is 2. The zero-order chi connectivity index (χ0) is 15.0. The zero-order valence-electron chi connectivity index (χ0n) is 11.8. The lowest BCUT2D eigenvalue weighted by atomic mass is 10.0. The van der Waals surface area contributed by atoms with Crippen molar-refractivity contribution in [2.45, 2.75) is 31.9 Å². The first-order valence-electron chi connectivity index (χ1n) is 7.05. The topological polar surface area (TPSA) is 78.9 Å². The number of rotatable bonds is 3. The number of thiophene rings is 1. The van der Waals surface area contributed by atoms with Gasteiger partial charge in [-0.25, -0.2) is 4.79 Å². The van der Waals surface area contributed by atoms with E-state index in [9.17, 15) is 14.7 Å². The highest BCUT2D eigenvalue weighted by molar-refractivity contribution is 7.17. The Labute approximate surface area is 126 Å². The highest BCUT2D eigenvalue weighted by atomic mass is 32.1. The number of carboxylic acid groups (broad SMARTS) is 1. The van der Waals surface area contributed by atoms with Crippen molar-refractivity contribution in [1.29, 1.82) is 0 Å². The molecule has 3 heterocycles. The molecule has 2 aliphatic rings. The Hall–Kier alpha value is -1.44. The van der Waals surface area contributed by atoms with E-state index < -0.39 is 12.1 Å². The fraction of sp³-hybridized carbons (Fsp3) is 0.571. The Morgan fingerprint density at radius 2 is 2.29 bits per heavy atom. The average molecular weight is 310 g/mol. The van der Waals surface area contributed by atoms with Crippen molar-refractivity contribution in [2.24, 2.45) is 0 Å². The number of fused-ring (bicyclic) bond motifs is 1. The van der Waals surface area contributed by atoms with E-state index in [0.717, 1.165) is 30.0 Å². The number of nitrogens with one attached hydrogen (secondary N) is 1. The van der Waals surface area contributed by atoms with Crippen LogP contribution in [0.1, 0.15) is 33.6 Å². The largest absolute Gasteiger partial charge is 0.478 e. The monoisotopic (exact) mass is 310 g/mol. The van der Waals surface area contributed by atoms with Gasteiger partial charge < -0.3 is 20.1 Å². The van der Waals surface area contributed by atoms with Crippen molar-refractivity contribution < 1.29 is 19.4 Å². The molecule has 1 saturated heterocycles. The van der Waals surface area contributed by atoms with Gasteiger partial charge in [-0.3, -0.25) is 4.79 Å².